The fourth-order valence-corrected chi connectivity index (χ4v) is 6.40. The van der Waals surface area contributed by atoms with Crippen molar-refractivity contribution >= 4 is 22.2 Å². The Bertz CT molecular complexity index is 2100. The molecule has 0 spiro atoms. The van der Waals surface area contributed by atoms with Crippen LogP contribution < -0.4 is 0 Å². The summed E-state index contributed by atoms with van der Waals surface area (Å²) in [7, 11) is 0. The van der Waals surface area contributed by atoms with Crippen LogP contribution in [0.4, 0.5) is 0 Å². The Kier molecular flexibility index (Phi) is 63.3. The summed E-state index contributed by atoms with van der Waals surface area (Å²) in [5, 5.41) is 33.8. The Hall–Kier alpha value is -5.41. The van der Waals surface area contributed by atoms with Gasteiger partial charge in [-0.1, -0.05) is 236 Å². The number of ether oxygens (including phenoxy) is 5. The van der Waals surface area contributed by atoms with Crippen LogP contribution in [0.25, 0.3) is 0 Å². The van der Waals surface area contributed by atoms with Crippen LogP contribution in [0.5, 0.6) is 0 Å². The molecule has 0 amide bonds. The average Bonchev–Trinajstić information content (AvgIpc) is 3.51. The van der Waals surface area contributed by atoms with Gasteiger partial charge < -0.3 is 48.9 Å². The topological polar surface area (TPSA) is 144 Å². The molecule has 11 heteroatoms. The smallest absolute Gasteiger partial charge is 0.122 e. The van der Waals surface area contributed by atoms with E-state index >= 15 is 0 Å². The van der Waals surface area contributed by atoms with Gasteiger partial charge in [0.05, 0.1) is 46.2 Å². The monoisotopic (exact) mass is 1170 g/mol. The second-order valence-electron chi connectivity index (χ2n) is 17.4. The van der Waals surface area contributed by atoms with Crippen molar-refractivity contribution < 1.29 is 48.9 Å². The van der Waals surface area contributed by atoms with Crippen molar-refractivity contribution in [3.63, 3.8) is 0 Å². The largest absolute Gasteiger partial charge is 0.396 e. The number of carbonyl (C=O) groups is 1. The molecule has 80 heavy (non-hydrogen) atoms. The number of aliphatic hydroxyl groups excluding tert-OH is 4. The number of halogens is 1. The van der Waals surface area contributed by atoms with Crippen LogP contribution in [-0.2, 0) is 66.8 Å². The molecule has 0 aliphatic carbocycles. The number of aliphatic hydroxyl groups is 4. The normalized spacial score (nSPS) is 9.80. The van der Waals surface area contributed by atoms with E-state index < -0.39 is 0 Å². The lowest BCUT2D eigenvalue weighted by atomic mass is 10.2. The molecule has 0 saturated carbocycles. The zero-order valence-corrected chi connectivity index (χ0v) is 50.2. The van der Waals surface area contributed by atoms with Gasteiger partial charge in [-0.25, -0.2) is 0 Å². The minimum atomic E-state index is 0.0938. The highest BCUT2D eigenvalue weighted by atomic mass is 79.9. The van der Waals surface area contributed by atoms with Crippen molar-refractivity contribution in [2.24, 2.45) is 0 Å². The van der Waals surface area contributed by atoms with Crippen LogP contribution in [0.15, 0.2) is 207 Å². The van der Waals surface area contributed by atoms with E-state index in [2.05, 4.69) is 84.0 Å². The highest BCUT2D eigenvalue weighted by molar-refractivity contribution is 9.08. The molecule has 0 aliphatic heterocycles. The summed E-state index contributed by atoms with van der Waals surface area (Å²) in [6.45, 7) is 17.2. The van der Waals surface area contributed by atoms with Gasteiger partial charge in [0.25, 0.3) is 0 Å². The maximum Gasteiger partial charge on any atom is 0.122 e. The first-order chi connectivity index (χ1) is 39.4. The number of allylic oxidation sites excluding steroid dienone is 2. The molecule has 0 bridgehead atoms. The highest BCUT2D eigenvalue weighted by Crippen LogP contribution is 2.06. The summed E-state index contributed by atoms with van der Waals surface area (Å²) in [5.41, 5.74) is 7.36. The van der Waals surface area contributed by atoms with E-state index in [9.17, 15) is 4.79 Å². The molecule has 442 valence electrons. The van der Waals surface area contributed by atoms with Crippen LogP contribution in [-0.4, -0.2) is 86.2 Å². The highest BCUT2D eigenvalue weighted by Gasteiger charge is 1.95. The van der Waals surface area contributed by atoms with Crippen LogP contribution in [0.2, 0.25) is 0 Å². The van der Waals surface area contributed by atoms with Gasteiger partial charge in [-0.05, 0) is 92.2 Å². The minimum Gasteiger partial charge on any atom is -0.396 e. The van der Waals surface area contributed by atoms with E-state index in [4.69, 9.17) is 44.1 Å². The molecule has 0 radical (unpaired) electrons. The lowest BCUT2D eigenvalue weighted by Gasteiger charge is -2.03. The van der Waals surface area contributed by atoms with Crippen molar-refractivity contribution in [2.75, 3.05) is 59.5 Å². The second-order valence-corrected chi connectivity index (χ2v) is 18.0. The number of alkyl halides is 1. The molecule has 0 heterocycles. The quantitative estimate of drug-likeness (QED) is 0.0144. The molecule has 0 saturated heterocycles. The Morgan fingerprint density at radius 3 is 0.938 bits per heavy atom. The van der Waals surface area contributed by atoms with E-state index in [0.29, 0.717) is 58.9 Å². The third-order valence-corrected chi connectivity index (χ3v) is 10.8. The summed E-state index contributed by atoms with van der Waals surface area (Å²) < 4.78 is 27.0. The maximum atomic E-state index is 9.94. The first-order valence-electron chi connectivity index (χ1n) is 28.2. The standard InChI is InChI=1S/C12H18O2.C12H18O.C12H16O.C10H14O2.C10H12O2.C7H7Br.C3H8O2.C3H6/c13-9-5-2-6-10-14-11-12-7-3-1-4-8-12;2*1-2-3-7-10-13-11-12-8-5-4-6-9-12;2*11-7-4-8-12-9-10-5-2-1-3-6-10;8-6-7-4-2-1-3-5-7;4-2-1-3-5;1-3-2/h1,3-4,7-8,13H,2,5-6,9-11H2;4-6,8-9H,2-3,7,10-11H2,1H3;2-6,8-9H,7,10-11H2,1H3;1-3,5-6,11H,4,7-9H2;1-3,5-7H,4,8-9H2;1-5H,6H2;4-5H,1-3H2;3H,1H2,2H3. The van der Waals surface area contributed by atoms with E-state index in [1.807, 2.05) is 153 Å². The van der Waals surface area contributed by atoms with Gasteiger partial charge in [0.1, 0.15) is 6.29 Å². The molecule has 0 aromatic heterocycles. The maximum absolute atomic E-state index is 9.94. The lowest BCUT2D eigenvalue weighted by molar-refractivity contribution is -0.108. The minimum absolute atomic E-state index is 0.0938. The Balaban J connectivity index is 0. The van der Waals surface area contributed by atoms with Crippen LogP contribution in [0.3, 0.4) is 0 Å². The number of aldehydes is 1. The van der Waals surface area contributed by atoms with Gasteiger partial charge in [-0.2, -0.15) is 0 Å². The van der Waals surface area contributed by atoms with E-state index in [-0.39, 0.29) is 19.8 Å². The number of carbonyl (C=O) groups excluding carboxylic acids is 1. The molecule has 0 unspecified atom stereocenters. The van der Waals surface area contributed by atoms with E-state index in [1.165, 1.54) is 47.1 Å². The molecule has 0 atom stereocenters. The fourth-order valence-electron chi connectivity index (χ4n) is 6.02. The summed E-state index contributed by atoms with van der Waals surface area (Å²) >= 11 is 3.36. The summed E-state index contributed by atoms with van der Waals surface area (Å²) in [4.78, 5) is 9.94. The molecular weight excluding hydrogens is 1070 g/mol. The molecule has 6 aromatic rings. The Labute approximate surface area is 491 Å². The molecule has 10 nitrogen and oxygen atoms in total. The van der Waals surface area contributed by atoms with Gasteiger partial charge >= 0.3 is 0 Å². The van der Waals surface area contributed by atoms with Crippen molar-refractivity contribution in [1.29, 1.82) is 0 Å². The van der Waals surface area contributed by atoms with E-state index in [1.54, 1.807) is 6.08 Å². The predicted molar refractivity (Wildman–Crippen MR) is 336 cm³/mol. The Morgan fingerprint density at radius 2 is 0.675 bits per heavy atom. The number of hydrogen-bond donors (Lipinski definition) is 4. The van der Waals surface area contributed by atoms with Gasteiger partial charge in [-0.15, -0.1) is 6.58 Å². The van der Waals surface area contributed by atoms with Crippen LogP contribution >= 0.6 is 15.9 Å². The first-order valence-corrected chi connectivity index (χ1v) is 29.3. The molecule has 0 fully saturated rings. The van der Waals surface area contributed by atoms with Crippen LogP contribution in [0.1, 0.15) is 118 Å². The van der Waals surface area contributed by atoms with Gasteiger partial charge in [0, 0.05) is 58.0 Å². The second kappa shape index (κ2) is 66.1. The number of unbranched alkanes of at least 4 members (excludes halogenated alkanes) is 4. The fraction of sp³-hybridized carbons (Fsp3) is 0.406. The lowest BCUT2D eigenvalue weighted by Crippen LogP contribution is -1.97. The zero-order valence-electron chi connectivity index (χ0n) is 48.6. The average molecular weight is 1170 g/mol. The molecule has 6 aromatic carbocycles. The molecule has 6 rings (SSSR count). The van der Waals surface area contributed by atoms with Gasteiger partial charge in [0.2, 0.25) is 0 Å². The van der Waals surface area contributed by atoms with Crippen molar-refractivity contribution in [3.8, 4) is 0 Å². The third kappa shape index (κ3) is 57.3. The third-order valence-electron chi connectivity index (χ3n) is 10.2. The van der Waals surface area contributed by atoms with Crippen LogP contribution in [0, 0.1) is 0 Å². The molecule has 4 N–H and O–H groups in total. The molecular formula is C69H99BrO10. The van der Waals surface area contributed by atoms with E-state index in [0.717, 1.165) is 75.9 Å². The molecule has 0 aliphatic rings. The predicted octanol–water partition coefficient (Wildman–Crippen LogP) is 15.4. The number of rotatable bonds is 31. The Morgan fingerprint density at radius 1 is 0.388 bits per heavy atom. The number of hydrogen-bond acceptors (Lipinski definition) is 10. The van der Waals surface area contributed by atoms with Gasteiger partial charge in [-0.3, -0.25) is 0 Å². The zero-order chi connectivity index (χ0) is 58.7. The SMILES string of the molecule is BrCc1ccccc1.C=CC.CC=CCCOCc1ccccc1.CCCCCOCc1ccccc1.O=CCCOCc1ccccc1.OCCCCCOCc1ccccc1.OCCCO.OCCCOCc1ccccc1. The van der Waals surface area contributed by atoms with Crippen molar-refractivity contribution in [3.05, 3.63) is 240 Å². The summed E-state index contributed by atoms with van der Waals surface area (Å²) in [6.07, 6.45) is 16.2. The summed E-state index contributed by atoms with van der Waals surface area (Å²) in [6, 6.07) is 60.9. The van der Waals surface area contributed by atoms with Crippen molar-refractivity contribution in [2.45, 2.75) is 123 Å². The van der Waals surface area contributed by atoms with Crippen molar-refractivity contribution in [1.82, 2.24) is 0 Å². The first kappa shape index (κ1) is 76.7. The van der Waals surface area contributed by atoms with Gasteiger partial charge in [0.15, 0.2) is 0 Å². The number of benzene rings is 6. The summed E-state index contributed by atoms with van der Waals surface area (Å²) in [5.74, 6) is 0.